The van der Waals surface area contributed by atoms with E-state index in [-0.39, 0.29) is 6.29 Å². The van der Waals surface area contributed by atoms with Crippen molar-refractivity contribution in [1.29, 1.82) is 0 Å². The first-order chi connectivity index (χ1) is 4.81. The fourth-order valence-corrected chi connectivity index (χ4v) is 0.566. The van der Waals surface area contributed by atoms with Crippen LogP contribution in [0.2, 0.25) is 0 Å². The molecule has 0 radical (unpaired) electrons. The lowest BCUT2D eigenvalue weighted by Gasteiger charge is -2.11. The lowest BCUT2D eigenvalue weighted by Crippen LogP contribution is -2.18. The van der Waals surface area contributed by atoms with E-state index in [1.54, 1.807) is 0 Å². The van der Waals surface area contributed by atoms with Crippen LogP contribution in [-0.2, 0) is 9.47 Å². The minimum absolute atomic E-state index is 0.108. The summed E-state index contributed by atoms with van der Waals surface area (Å²) >= 11 is 0. The number of rotatable bonds is 6. The highest BCUT2D eigenvalue weighted by atomic mass is 16.7. The molecule has 1 atom stereocenters. The van der Waals surface area contributed by atoms with Gasteiger partial charge in [-0.2, -0.15) is 0 Å². The normalized spacial score (nSPS) is 13.5. The zero-order valence-corrected chi connectivity index (χ0v) is 6.80. The summed E-state index contributed by atoms with van der Waals surface area (Å²) in [5.74, 6) is 0. The van der Waals surface area contributed by atoms with Crippen molar-refractivity contribution in [2.45, 2.75) is 26.6 Å². The Morgan fingerprint density at radius 1 is 1.30 bits per heavy atom. The van der Waals surface area contributed by atoms with Crippen LogP contribution in [0.1, 0.15) is 20.3 Å². The van der Waals surface area contributed by atoms with Gasteiger partial charge in [0, 0.05) is 13.2 Å². The van der Waals surface area contributed by atoms with Crippen LogP contribution in [0.4, 0.5) is 0 Å². The van der Waals surface area contributed by atoms with Crippen molar-refractivity contribution in [3.05, 3.63) is 0 Å². The van der Waals surface area contributed by atoms with Crippen molar-refractivity contribution in [1.82, 2.24) is 0 Å². The van der Waals surface area contributed by atoms with E-state index in [0.29, 0.717) is 13.2 Å². The van der Waals surface area contributed by atoms with Crippen LogP contribution in [0.5, 0.6) is 0 Å². The fraction of sp³-hybridized carbons (Fsp3) is 1.00. The molecule has 0 aliphatic heterocycles. The molecule has 0 aliphatic rings. The molecule has 0 aliphatic carbocycles. The van der Waals surface area contributed by atoms with Crippen LogP contribution in [0.15, 0.2) is 0 Å². The predicted octanol–water partition coefficient (Wildman–Crippen LogP) is 0.734. The smallest absolute Gasteiger partial charge is 0.154 e. The molecule has 62 valence electrons. The van der Waals surface area contributed by atoms with E-state index < -0.39 is 0 Å². The van der Waals surface area contributed by atoms with Crippen molar-refractivity contribution in [2.24, 2.45) is 5.73 Å². The highest BCUT2D eigenvalue weighted by Gasteiger charge is 1.98. The molecule has 0 aromatic heterocycles. The molecule has 0 spiro atoms. The Bertz CT molecular complexity index is 60.6. The molecule has 3 nitrogen and oxygen atoms in total. The second-order valence-electron chi connectivity index (χ2n) is 2.10. The van der Waals surface area contributed by atoms with Gasteiger partial charge in [0.1, 0.15) is 0 Å². The fourth-order valence-electron chi connectivity index (χ4n) is 0.566. The van der Waals surface area contributed by atoms with E-state index >= 15 is 0 Å². The van der Waals surface area contributed by atoms with Crippen LogP contribution in [0.3, 0.4) is 0 Å². The average molecular weight is 147 g/mol. The van der Waals surface area contributed by atoms with Gasteiger partial charge < -0.3 is 15.2 Å². The Morgan fingerprint density at radius 3 is 2.40 bits per heavy atom. The average Bonchev–Trinajstić information content (AvgIpc) is 1.97. The standard InChI is InChI=1S/C7H17NO2/c1-3-5-9-7(2)10-6-4-8/h7H,3-6,8H2,1-2H3. The monoisotopic (exact) mass is 147 g/mol. The molecular formula is C7H17NO2. The first kappa shape index (κ1) is 9.88. The summed E-state index contributed by atoms with van der Waals surface area (Å²) in [6, 6.07) is 0. The molecule has 0 rings (SSSR count). The molecule has 1 unspecified atom stereocenters. The van der Waals surface area contributed by atoms with Gasteiger partial charge in [0.2, 0.25) is 0 Å². The first-order valence-corrected chi connectivity index (χ1v) is 3.74. The van der Waals surface area contributed by atoms with E-state index in [9.17, 15) is 0 Å². The van der Waals surface area contributed by atoms with Gasteiger partial charge in [-0.25, -0.2) is 0 Å². The zero-order chi connectivity index (χ0) is 7.82. The highest BCUT2D eigenvalue weighted by molar-refractivity contribution is 4.34. The third-order valence-corrected chi connectivity index (χ3v) is 1.03. The summed E-state index contributed by atoms with van der Waals surface area (Å²) in [6.45, 7) is 5.83. The quantitative estimate of drug-likeness (QED) is 0.563. The predicted molar refractivity (Wildman–Crippen MR) is 40.7 cm³/mol. The zero-order valence-electron chi connectivity index (χ0n) is 6.80. The summed E-state index contributed by atoms with van der Waals surface area (Å²) < 4.78 is 10.4. The van der Waals surface area contributed by atoms with E-state index in [1.165, 1.54) is 0 Å². The van der Waals surface area contributed by atoms with Crippen LogP contribution in [0.25, 0.3) is 0 Å². The largest absolute Gasteiger partial charge is 0.353 e. The van der Waals surface area contributed by atoms with E-state index in [2.05, 4.69) is 6.92 Å². The Morgan fingerprint density at radius 2 is 1.90 bits per heavy atom. The molecule has 10 heavy (non-hydrogen) atoms. The van der Waals surface area contributed by atoms with Gasteiger partial charge in [0.25, 0.3) is 0 Å². The molecule has 0 aromatic carbocycles. The molecule has 0 bridgehead atoms. The maximum absolute atomic E-state index is 5.22. The lowest BCUT2D eigenvalue weighted by molar-refractivity contribution is -0.128. The summed E-state index contributed by atoms with van der Waals surface area (Å²) in [7, 11) is 0. The topological polar surface area (TPSA) is 44.5 Å². The lowest BCUT2D eigenvalue weighted by atomic mass is 10.5. The second kappa shape index (κ2) is 6.99. The molecule has 0 amide bonds. The van der Waals surface area contributed by atoms with Gasteiger partial charge in [0.15, 0.2) is 6.29 Å². The highest BCUT2D eigenvalue weighted by Crippen LogP contribution is 1.93. The van der Waals surface area contributed by atoms with Crippen LogP contribution in [0, 0.1) is 0 Å². The number of ether oxygens (including phenoxy) is 2. The molecule has 3 heteroatoms. The Balaban J connectivity index is 3.00. The van der Waals surface area contributed by atoms with Crippen LogP contribution >= 0.6 is 0 Å². The second-order valence-corrected chi connectivity index (χ2v) is 2.10. The van der Waals surface area contributed by atoms with E-state index in [0.717, 1.165) is 13.0 Å². The van der Waals surface area contributed by atoms with Gasteiger partial charge in [-0.1, -0.05) is 6.92 Å². The third kappa shape index (κ3) is 6.01. The summed E-state index contributed by atoms with van der Waals surface area (Å²) in [4.78, 5) is 0. The van der Waals surface area contributed by atoms with Gasteiger partial charge >= 0.3 is 0 Å². The van der Waals surface area contributed by atoms with Crippen LogP contribution in [-0.4, -0.2) is 26.0 Å². The first-order valence-electron chi connectivity index (χ1n) is 3.74. The van der Waals surface area contributed by atoms with E-state index in [4.69, 9.17) is 15.2 Å². The molecule has 2 N–H and O–H groups in total. The minimum Gasteiger partial charge on any atom is -0.353 e. The summed E-state index contributed by atoms with van der Waals surface area (Å²) in [6.07, 6.45) is 0.916. The maximum Gasteiger partial charge on any atom is 0.154 e. The van der Waals surface area contributed by atoms with Gasteiger partial charge in [-0.15, -0.1) is 0 Å². The molecule has 0 saturated heterocycles. The third-order valence-electron chi connectivity index (χ3n) is 1.03. The SMILES string of the molecule is CCCOC(C)OCCN. The molecule has 0 saturated carbocycles. The summed E-state index contributed by atoms with van der Waals surface area (Å²) in [5, 5.41) is 0. The van der Waals surface area contributed by atoms with Gasteiger partial charge in [-0.3, -0.25) is 0 Å². The molecule has 0 heterocycles. The van der Waals surface area contributed by atoms with Gasteiger partial charge in [-0.05, 0) is 13.3 Å². The molecular weight excluding hydrogens is 130 g/mol. The van der Waals surface area contributed by atoms with E-state index in [1.807, 2.05) is 6.92 Å². The van der Waals surface area contributed by atoms with Gasteiger partial charge in [0.05, 0.1) is 6.61 Å². The minimum atomic E-state index is -0.108. The van der Waals surface area contributed by atoms with Crippen molar-refractivity contribution in [3.8, 4) is 0 Å². The summed E-state index contributed by atoms with van der Waals surface area (Å²) in [5.41, 5.74) is 5.22. The number of nitrogens with two attached hydrogens (primary N) is 1. The molecule has 0 aromatic rings. The van der Waals surface area contributed by atoms with Crippen molar-refractivity contribution >= 4 is 0 Å². The Kier molecular flexibility index (Phi) is 6.91. The van der Waals surface area contributed by atoms with Crippen molar-refractivity contribution < 1.29 is 9.47 Å². The number of hydrogen-bond acceptors (Lipinski definition) is 3. The Labute approximate surface area is 62.5 Å². The number of hydrogen-bond donors (Lipinski definition) is 1. The Hall–Kier alpha value is -0.120. The van der Waals surface area contributed by atoms with Crippen molar-refractivity contribution in [3.63, 3.8) is 0 Å². The van der Waals surface area contributed by atoms with Crippen molar-refractivity contribution in [2.75, 3.05) is 19.8 Å². The van der Waals surface area contributed by atoms with Crippen LogP contribution < -0.4 is 5.73 Å². The molecule has 0 fully saturated rings. The maximum atomic E-state index is 5.22.